The van der Waals surface area contributed by atoms with Gasteiger partial charge in [-0.3, -0.25) is 0 Å². The van der Waals surface area contributed by atoms with Gasteiger partial charge in [-0.1, -0.05) is 30.3 Å². The summed E-state index contributed by atoms with van der Waals surface area (Å²) in [6.07, 6.45) is 1.05. The Hall–Kier alpha value is -0.860. The van der Waals surface area contributed by atoms with Crippen molar-refractivity contribution in [1.82, 2.24) is 5.32 Å². The molecule has 0 aromatic heterocycles. The standard InChI is InChI=1S/C16H25NO/c1-12(13-9-7-6-8-10-13)17-14-11-15(2,3)18-16(14,4)5/h6-10,12,14,17H,11H2,1-5H3. The Morgan fingerprint density at radius 1 is 1.17 bits per heavy atom. The summed E-state index contributed by atoms with van der Waals surface area (Å²) in [5, 5.41) is 3.72. The van der Waals surface area contributed by atoms with Crippen molar-refractivity contribution in [3.8, 4) is 0 Å². The van der Waals surface area contributed by atoms with Gasteiger partial charge in [-0.2, -0.15) is 0 Å². The zero-order chi connectivity index (χ0) is 13.4. The van der Waals surface area contributed by atoms with Gasteiger partial charge in [0, 0.05) is 12.1 Å². The highest BCUT2D eigenvalue weighted by molar-refractivity contribution is 5.18. The highest BCUT2D eigenvalue weighted by Crippen LogP contribution is 2.38. The molecule has 0 spiro atoms. The lowest BCUT2D eigenvalue weighted by Crippen LogP contribution is -2.44. The second kappa shape index (κ2) is 4.67. The Bertz CT molecular complexity index is 397. The summed E-state index contributed by atoms with van der Waals surface area (Å²) in [6.45, 7) is 10.9. The van der Waals surface area contributed by atoms with E-state index in [1.54, 1.807) is 0 Å². The molecular weight excluding hydrogens is 222 g/mol. The summed E-state index contributed by atoms with van der Waals surface area (Å²) < 4.78 is 6.12. The molecule has 0 aliphatic carbocycles. The molecule has 100 valence electrons. The summed E-state index contributed by atoms with van der Waals surface area (Å²) >= 11 is 0. The van der Waals surface area contributed by atoms with Crippen LogP contribution in [-0.2, 0) is 4.74 Å². The molecule has 2 rings (SSSR count). The molecule has 1 aliphatic heterocycles. The smallest absolute Gasteiger partial charge is 0.0787 e. The SMILES string of the molecule is CC(NC1CC(C)(C)OC1(C)C)c1ccccc1. The summed E-state index contributed by atoms with van der Waals surface area (Å²) in [6, 6.07) is 11.3. The molecule has 2 heteroatoms. The molecule has 0 bridgehead atoms. The van der Waals surface area contributed by atoms with Crippen molar-refractivity contribution < 1.29 is 4.74 Å². The van der Waals surface area contributed by atoms with Crippen LogP contribution in [0.2, 0.25) is 0 Å². The molecule has 0 radical (unpaired) electrons. The van der Waals surface area contributed by atoms with Crippen molar-refractivity contribution in [2.24, 2.45) is 0 Å². The maximum absolute atomic E-state index is 6.12. The average molecular weight is 247 g/mol. The molecule has 0 amide bonds. The predicted octanol–water partition coefficient (Wildman–Crippen LogP) is 3.68. The summed E-state index contributed by atoms with van der Waals surface area (Å²) in [5.74, 6) is 0. The zero-order valence-corrected chi connectivity index (χ0v) is 12.2. The van der Waals surface area contributed by atoms with E-state index < -0.39 is 0 Å². The summed E-state index contributed by atoms with van der Waals surface area (Å²) in [4.78, 5) is 0. The normalized spacial score (nSPS) is 27.1. The van der Waals surface area contributed by atoms with E-state index in [1.165, 1.54) is 5.56 Å². The van der Waals surface area contributed by atoms with Gasteiger partial charge < -0.3 is 10.1 Å². The second-order valence-electron chi connectivity index (χ2n) is 6.52. The first-order valence-electron chi connectivity index (χ1n) is 6.81. The molecule has 2 atom stereocenters. The van der Waals surface area contributed by atoms with Crippen molar-refractivity contribution >= 4 is 0 Å². The van der Waals surface area contributed by atoms with Gasteiger partial charge in [0.05, 0.1) is 11.2 Å². The first-order chi connectivity index (χ1) is 8.30. The van der Waals surface area contributed by atoms with Crippen molar-refractivity contribution in [2.75, 3.05) is 0 Å². The molecule has 2 nitrogen and oxygen atoms in total. The van der Waals surface area contributed by atoms with Gasteiger partial charge in [-0.05, 0) is 46.6 Å². The van der Waals surface area contributed by atoms with Crippen LogP contribution in [0.3, 0.4) is 0 Å². The minimum absolute atomic E-state index is 0.0302. The fourth-order valence-corrected chi connectivity index (χ4v) is 2.96. The van der Waals surface area contributed by atoms with Crippen molar-refractivity contribution in [3.63, 3.8) is 0 Å². The lowest BCUT2D eigenvalue weighted by atomic mass is 9.93. The highest BCUT2D eigenvalue weighted by Gasteiger charge is 2.46. The highest BCUT2D eigenvalue weighted by atomic mass is 16.5. The number of benzene rings is 1. The third kappa shape index (κ3) is 2.93. The molecule has 2 unspecified atom stereocenters. The van der Waals surface area contributed by atoms with E-state index >= 15 is 0 Å². The van der Waals surface area contributed by atoms with Crippen LogP contribution in [0.1, 0.15) is 52.6 Å². The molecule has 1 heterocycles. The Morgan fingerprint density at radius 3 is 2.28 bits per heavy atom. The van der Waals surface area contributed by atoms with Gasteiger partial charge in [0.15, 0.2) is 0 Å². The molecule has 18 heavy (non-hydrogen) atoms. The molecule has 1 aliphatic rings. The number of rotatable bonds is 3. The molecule has 0 saturated carbocycles. The average Bonchev–Trinajstić information content (AvgIpc) is 2.48. The minimum Gasteiger partial charge on any atom is -0.368 e. The molecule has 1 aromatic carbocycles. The number of hydrogen-bond acceptors (Lipinski definition) is 2. The van der Waals surface area contributed by atoms with Gasteiger partial charge in [0.2, 0.25) is 0 Å². The van der Waals surface area contributed by atoms with E-state index in [9.17, 15) is 0 Å². The fourth-order valence-electron chi connectivity index (χ4n) is 2.96. The third-order valence-electron chi connectivity index (χ3n) is 3.82. The molecule has 1 aromatic rings. The van der Waals surface area contributed by atoms with E-state index in [0.717, 1.165) is 6.42 Å². The van der Waals surface area contributed by atoms with Gasteiger partial charge in [0.1, 0.15) is 0 Å². The van der Waals surface area contributed by atoms with Gasteiger partial charge in [-0.25, -0.2) is 0 Å². The van der Waals surface area contributed by atoms with Crippen LogP contribution in [0, 0.1) is 0 Å². The van der Waals surface area contributed by atoms with E-state index in [2.05, 4.69) is 70.3 Å². The molecular formula is C16H25NO. The largest absolute Gasteiger partial charge is 0.368 e. The minimum atomic E-state index is -0.105. The van der Waals surface area contributed by atoms with Crippen LogP contribution >= 0.6 is 0 Å². The second-order valence-corrected chi connectivity index (χ2v) is 6.52. The van der Waals surface area contributed by atoms with Crippen LogP contribution in [0.5, 0.6) is 0 Å². The molecule has 1 fully saturated rings. The Balaban J connectivity index is 2.06. The summed E-state index contributed by atoms with van der Waals surface area (Å²) in [7, 11) is 0. The van der Waals surface area contributed by atoms with Crippen molar-refractivity contribution in [1.29, 1.82) is 0 Å². The number of nitrogens with one attached hydrogen (secondary N) is 1. The van der Waals surface area contributed by atoms with Crippen molar-refractivity contribution in [3.05, 3.63) is 35.9 Å². The first-order valence-corrected chi connectivity index (χ1v) is 6.81. The lowest BCUT2D eigenvalue weighted by Gasteiger charge is -2.30. The van der Waals surface area contributed by atoms with E-state index in [1.807, 2.05) is 0 Å². The van der Waals surface area contributed by atoms with Crippen molar-refractivity contribution in [2.45, 2.75) is 64.3 Å². The van der Waals surface area contributed by atoms with Crippen LogP contribution < -0.4 is 5.32 Å². The lowest BCUT2D eigenvalue weighted by molar-refractivity contribution is -0.0703. The quantitative estimate of drug-likeness (QED) is 0.879. The zero-order valence-electron chi connectivity index (χ0n) is 12.2. The predicted molar refractivity (Wildman–Crippen MR) is 75.6 cm³/mol. The number of ether oxygens (including phenoxy) is 1. The summed E-state index contributed by atoms with van der Waals surface area (Å²) in [5.41, 5.74) is 1.20. The third-order valence-corrected chi connectivity index (χ3v) is 3.82. The Labute approximate surface area is 111 Å². The Morgan fingerprint density at radius 2 is 1.78 bits per heavy atom. The number of hydrogen-bond donors (Lipinski definition) is 1. The first kappa shape index (κ1) is 13.6. The maximum atomic E-state index is 6.12. The fraction of sp³-hybridized carbons (Fsp3) is 0.625. The van der Waals surface area contributed by atoms with Crippen LogP contribution in [0.25, 0.3) is 0 Å². The van der Waals surface area contributed by atoms with Crippen LogP contribution in [-0.4, -0.2) is 17.2 Å². The van der Waals surface area contributed by atoms with Gasteiger partial charge >= 0.3 is 0 Å². The van der Waals surface area contributed by atoms with Crippen LogP contribution in [0.15, 0.2) is 30.3 Å². The van der Waals surface area contributed by atoms with Gasteiger partial charge in [0.25, 0.3) is 0 Å². The van der Waals surface area contributed by atoms with E-state index in [4.69, 9.17) is 4.74 Å². The van der Waals surface area contributed by atoms with E-state index in [-0.39, 0.29) is 11.2 Å². The molecule has 1 saturated heterocycles. The monoisotopic (exact) mass is 247 g/mol. The maximum Gasteiger partial charge on any atom is 0.0787 e. The van der Waals surface area contributed by atoms with E-state index in [0.29, 0.717) is 12.1 Å². The molecule has 1 N–H and O–H groups in total. The van der Waals surface area contributed by atoms with Gasteiger partial charge in [-0.15, -0.1) is 0 Å². The topological polar surface area (TPSA) is 21.3 Å². The van der Waals surface area contributed by atoms with Crippen LogP contribution in [0.4, 0.5) is 0 Å². The Kier molecular flexibility index (Phi) is 3.52.